The van der Waals surface area contributed by atoms with E-state index >= 15 is 0 Å². The number of ether oxygens (including phenoxy) is 2. The highest BCUT2D eigenvalue weighted by atomic mass is 16.5. The summed E-state index contributed by atoms with van der Waals surface area (Å²) in [5, 5.41) is 7.63. The smallest absolute Gasteiger partial charge is 0.306 e. The van der Waals surface area contributed by atoms with Crippen molar-refractivity contribution in [3.63, 3.8) is 0 Å². The third kappa shape index (κ3) is 6.59. The Kier molecular flexibility index (Phi) is 8.79. The molecule has 0 unspecified atom stereocenters. The average molecular weight is 514 g/mol. The molecule has 2 atom stereocenters. The van der Waals surface area contributed by atoms with Gasteiger partial charge in [-0.15, -0.1) is 0 Å². The molecule has 198 valence electrons. The van der Waals surface area contributed by atoms with Gasteiger partial charge in [-0.2, -0.15) is 0 Å². The number of benzene rings is 3. The van der Waals surface area contributed by atoms with E-state index in [-0.39, 0.29) is 36.1 Å². The van der Waals surface area contributed by atoms with Gasteiger partial charge >= 0.3 is 5.97 Å². The Morgan fingerprint density at radius 2 is 1.82 bits per heavy atom. The molecule has 3 N–H and O–H groups in total. The number of nitrogen functional groups attached to an aromatic ring is 1. The van der Waals surface area contributed by atoms with Gasteiger partial charge in [0.05, 0.1) is 25.5 Å². The summed E-state index contributed by atoms with van der Waals surface area (Å²) in [4.78, 5) is 26.9. The van der Waals surface area contributed by atoms with Gasteiger partial charge in [0, 0.05) is 12.1 Å². The predicted octanol–water partition coefficient (Wildman–Crippen LogP) is 4.74. The number of carbonyl (C=O) groups is 2. The van der Waals surface area contributed by atoms with E-state index in [9.17, 15) is 9.59 Å². The van der Waals surface area contributed by atoms with Crippen molar-refractivity contribution in [2.24, 2.45) is 11.7 Å². The second kappa shape index (κ2) is 12.4. The molecule has 4 rings (SSSR count). The minimum absolute atomic E-state index is 0.00288. The van der Waals surface area contributed by atoms with Crippen LogP contribution in [0.3, 0.4) is 0 Å². The van der Waals surface area contributed by atoms with Gasteiger partial charge in [0.1, 0.15) is 18.2 Å². The van der Waals surface area contributed by atoms with E-state index < -0.39 is 0 Å². The number of rotatable bonds is 11. The first-order chi connectivity index (χ1) is 18.4. The number of nitrogens with zero attached hydrogens (tertiary/aromatic N) is 1. The van der Waals surface area contributed by atoms with Crippen LogP contribution >= 0.6 is 0 Å². The van der Waals surface area contributed by atoms with Gasteiger partial charge in [0.25, 0.3) is 0 Å². The molecule has 7 nitrogen and oxygen atoms in total. The van der Waals surface area contributed by atoms with E-state index in [0.29, 0.717) is 25.1 Å². The Bertz CT molecular complexity index is 1270. The van der Waals surface area contributed by atoms with E-state index in [1.165, 1.54) is 12.7 Å². The lowest BCUT2D eigenvalue weighted by atomic mass is 9.98. The minimum atomic E-state index is -0.379. The average Bonchev–Trinajstić information content (AvgIpc) is 3.22. The van der Waals surface area contributed by atoms with E-state index in [1.54, 1.807) is 0 Å². The number of nitrogens with one attached hydrogen (secondary N) is 1. The van der Waals surface area contributed by atoms with Crippen LogP contribution in [0.15, 0.2) is 72.8 Å². The van der Waals surface area contributed by atoms with Crippen LogP contribution < -0.4 is 10.5 Å². The molecule has 1 amide bonds. The monoisotopic (exact) mass is 513 g/mol. The SMILES string of the molecule is COC(=O)C[C@@H]1C[C@@H](COc2ccc(-c3ccc(C(=N)N)cc3C)cc2)N(CCCc2ccccc2)C1=O. The normalized spacial score (nSPS) is 16.9. The number of nitrogens with two attached hydrogens (primary N) is 1. The number of carbonyl (C=O) groups excluding carboxylic acids is 2. The first kappa shape index (κ1) is 26.9. The van der Waals surface area contributed by atoms with Crippen LogP contribution in [0.2, 0.25) is 0 Å². The molecule has 0 bridgehead atoms. The maximum atomic E-state index is 13.2. The largest absolute Gasteiger partial charge is 0.491 e. The number of methoxy groups -OCH3 is 1. The summed E-state index contributed by atoms with van der Waals surface area (Å²) in [5.41, 5.74) is 10.7. The van der Waals surface area contributed by atoms with Gasteiger partial charge in [-0.05, 0) is 66.6 Å². The number of aryl methyl sites for hydroxylation is 2. The molecule has 38 heavy (non-hydrogen) atoms. The van der Waals surface area contributed by atoms with Gasteiger partial charge < -0.3 is 20.1 Å². The van der Waals surface area contributed by atoms with E-state index in [4.69, 9.17) is 20.6 Å². The molecule has 0 aliphatic carbocycles. The number of amidine groups is 1. The first-order valence-corrected chi connectivity index (χ1v) is 12.9. The second-order valence-corrected chi connectivity index (χ2v) is 9.77. The number of likely N-dealkylation sites (tertiary alicyclic amines) is 1. The van der Waals surface area contributed by atoms with Crippen molar-refractivity contribution in [3.8, 4) is 16.9 Å². The van der Waals surface area contributed by atoms with Crippen molar-refractivity contribution in [1.82, 2.24) is 4.90 Å². The van der Waals surface area contributed by atoms with Crippen LogP contribution in [0.1, 0.15) is 36.0 Å². The van der Waals surface area contributed by atoms with Gasteiger partial charge in [0.2, 0.25) is 5.91 Å². The zero-order valence-electron chi connectivity index (χ0n) is 22.0. The Hall–Kier alpha value is -4.13. The van der Waals surface area contributed by atoms with Crippen molar-refractivity contribution in [1.29, 1.82) is 5.41 Å². The van der Waals surface area contributed by atoms with Crippen molar-refractivity contribution in [3.05, 3.63) is 89.5 Å². The molecule has 1 saturated heterocycles. The van der Waals surface area contributed by atoms with Crippen LogP contribution in [0.4, 0.5) is 0 Å². The third-order valence-electron chi connectivity index (χ3n) is 7.12. The fraction of sp³-hybridized carbons (Fsp3) is 0.323. The molecule has 0 radical (unpaired) electrons. The lowest BCUT2D eigenvalue weighted by Gasteiger charge is -2.25. The predicted molar refractivity (Wildman–Crippen MR) is 148 cm³/mol. The second-order valence-electron chi connectivity index (χ2n) is 9.77. The van der Waals surface area contributed by atoms with E-state index in [0.717, 1.165) is 35.3 Å². The minimum Gasteiger partial charge on any atom is -0.491 e. The lowest BCUT2D eigenvalue weighted by Crippen LogP contribution is -2.38. The summed E-state index contributed by atoms with van der Waals surface area (Å²) in [6.07, 6.45) is 2.39. The Morgan fingerprint density at radius 3 is 2.47 bits per heavy atom. The number of hydrogen-bond donors (Lipinski definition) is 2. The summed E-state index contributed by atoms with van der Waals surface area (Å²) in [7, 11) is 1.35. The summed E-state index contributed by atoms with van der Waals surface area (Å²) < 4.78 is 10.9. The highest BCUT2D eigenvalue weighted by Gasteiger charge is 2.40. The van der Waals surface area contributed by atoms with Crippen LogP contribution in [-0.2, 0) is 20.7 Å². The fourth-order valence-corrected chi connectivity index (χ4v) is 5.05. The zero-order chi connectivity index (χ0) is 27.1. The topological polar surface area (TPSA) is 106 Å². The highest BCUT2D eigenvalue weighted by Crippen LogP contribution is 2.30. The first-order valence-electron chi connectivity index (χ1n) is 12.9. The van der Waals surface area contributed by atoms with E-state index in [2.05, 4.69) is 12.1 Å². The summed E-state index contributed by atoms with van der Waals surface area (Å²) in [6, 6.07) is 23.7. The molecule has 1 heterocycles. The Labute approximate surface area is 224 Å². The van der Waals surface area contributed by atoms with Crippen LogP contribution in [0.25, 0.3) is 11.1 Å². The number of amides is 1. The van der Waals surface area contributed by atoms with E-state index in [1.807, 2.05) is 72.5 Å². The standard InChI is InChI=1S/C31H35N3O4/c1-21-17-24(30(32)33)12-15-28(21)23-10-13-27(14-11-23)38-20-26-18-25(19-29(35)37-2)31(36)34(26)16-6-9-22-7-4-3-5-8-22/h3-5,7-8,10-15,17,25-26H,6,9,16,18-20H2,1-2H3,(H3,32,33)/t25-,26-/m0/s1. The highest BCUT2D eigenvalue weighted by molar-refractivity contribution is 5.95. The van der Waals surface area contributed by atoms with Crippen molar-refractivity contribution in [2.75, 3.05) is 20.3 Å². The molecule has 1 aliphatic rings. The molecule has 1 aliphatic heterocycles. The number of hydrogen-bond acceptors (Lipinski definition) is 5. The van der Waals surface area contributed by atoms with Gasteiger partial charge in [-0.1, -0.05) is 54.6 Å². The quantitative estimate of drug-likeness (QED) is 0.219. The Balaban J connectivity index is 1.40. The zero-order valence-corrected chi connectivity index (χ0v) is 22.0. The maximum Gasteiger partial charge on any atom is 0.306 e. The molecule has 7 heteroatoms. The molecule has 3 aromatic carbocycles. The van der Waals surface area contributed by atoms with Crippen molar-refractivity contribution in [2.45, 2.75) is 38.6 Å². The molecule has 0 aromatic heterocycles. The van der Waals surface area contributed by atoms with Gasteiger partial charge in [-0.3, -0.25) is 15.0 Å². The molecule has 0 saturated carbocycles. The summed E-state index contributed by atoms with van der Waals surface area (Å²) in [6.45, 7) is 2.98. The van der Waals surface area contributed by atoms with Crippen LogP contribution in [-0.4, -0.2) is 48.9 Å². The van der Waals surface area contributed by atoms with Gasteiger partial charge in [-0.25, -0.2) is 0 Å². The molecule has 1 fully saturated rings. The fourth-order valence-electron chi connectivity index (χ4n) is 5.05. The maximum absolute atomic E-state index is 13.2. The van der Waals surface area contributed by atoms with Crippen LogP contribution in [0, 0.1) is 18.3 Å². The van der Waals surface area contributed by atoms with Crippen molar-refractivity contribution >= 4 is 17.7 Å². The molecule has 3 aromatic rings. The molecule has 0 spiro atoms. The number of esters is 1. The lowest BCUT2D eigenvalue weighted by molar-refractivity contribution is -0.144. The van der Waals surface area contributed by atoms with Crippen molar-refractivity contribution < 1.29 is 19.1 Å². The Morgan fingerprint density at radius 1 is 1.08 bits per heavy atom. The third-order valence-corrected chi connectivity index (χ3v) is 7.12. The molecular weight excluding hydrogens is 478 g/mol. The van der Waals surface area contributed by atoms with Crippen LogP contribution in [0.5, 0.6) is 5.75 Å². The van der Waals surface area contributed by atoms with Gasteiger partial charge in [0.15, 0.2) is 0 Å². The summed E-state index contributed by atoms with van der Waals surface area (Å²) in [5.74, 6) is 0.0287. The molecular formula is C31H35N3O4. The summed E-state index contributed by atoms with van der Waals surface area (Å²) >= 11 is 0.